The minimum atomic E-state index is -0.355. The van der Waals surface area contributed by atoms with Crippen LogP contribution in [0.5, 0.6) is 0 Å². The van der Waals surface area contributed by atoms with Gasteiger partial charge in [0.05, 0.1) is 12.7 Å². The molecule has 1 unspecified atom stereocenters. The van der Waals surface area contributed by atoms with E-state index in [1.54, 1.807) is 0 Å². The number of hydrogen-bond donors (Lipinski definition) is 2. The smallest absolute Gasteiger partial charge is 0.0586 e. The molecule has 2 N–H and O–H groups in total. The van der Waals surface area contributed by atoms with Crippen LogP contribution in [0.15, 0.2) is 59.3 Å². The summed E-state index contributed by atoms with van der Waals surface area (Å²) in [4.78, 5) is 0. The maximum Gasteiger partial charge on any atom is 0.0586 e. The van der Waals surface area contributed by atoms with Gasteiger partial charge in [-0.3, -0.25) is 0 Å². The Balaban J connectivity index is 2.95. The van der Waals surface area contributed by atoms with Crippen LogP contribution in [0.2, 0.25) is 0 Å². The van der Waals surface area contributed by atoms with Crippen molar-refractivity contribution in [3.05, 3.63) is 59.3 Å². The molecule has 0 bridgehead atoms. The predicted octanol–water partition coefficient (Wildman–Crippen LogP) is 4.09. The van der Waals surface area contributed by atoms with Gasteiger partial charge in [-0.1, -0.05) is 60.6 Å². The van der Waals surface area contributed by atoms with Crippen LogP contribution in [0.3, 0.4) is 0 Å². The molecule has 0 heterocycles. The van der Waals surface area contributed by atoms with Gasteiger partial charge in [-0.15, -0.1) is 0 Å². The van der Waals surface area contributed by atoms with Gasteiger partial charge < -0.3 is 10.2 Å². The maximum absolute atomic E-state index is 9.91. The van der Waals surface area contributed by atoms with Crippen molar-refractivity contribution in [2.45, 2.75) is 46.6 Å². The van der Waals surface area contributed by atoms with Crippen molar-refractivity contribution < 1.29 is 10.2 Å². The van der Waals surface area contributed by atoms with Gasteiger partial charge in [0.15, 0.2) is 0 Å². The van der Waals surface area contributed by atoms with Crippen LogP contribution in [0.25, 0.3) is 0 Å². The highest BCUT2D eigenvalue weighted by Gasteiger charge is 2.35. The summed E-state index contributed by atoms with van der Waals surface area (Å²) < 4.78 is 0. The van der Waals surface area contributed by atoms with Gasteiger partial charge in [0.25, 0.3) is 0 Å². The molecule has 116 valence electrons. The fraction of sp³-hybridized carbons (Fsp3) is 0.474. The summed E-state index contributed by atoms with van der Waals surface area (Å²) in [5.41, 5.74) is 4.11. The van der Waals surface area contributed by atoms with Crippen molar-refractivity contribution >= 4 is 0 Å². The Hall–Kier alpha value is -1.38. The average Bonchev–Trinajstić information content (AvgIpc) is 2.37. The van der Waals surface area contributed by atoms with Gasteiger partial charge in [-0.05, 0) is 39.2 Å². The number of rotatable bonds is 5. The molecule has 1 aliphatic carbocycles. The van der Waals surface area contributed by atoms with Crippen molar-refractivity contribution in [3.63, 3.8) is 0 Å². The predicted molar refractivity (Wildman–Crippen MR) is 90.0 cm³/mol. The first kappa shape index (κ1) is 17.7. The number of hydrogen-bond acceptors (Lipinski definition) is 2. The Morgan fingerprint density at radius 1 is 1.38 bits per heavy atom. The molecule has 2 atom stereocenters. The summed E-state index contributed by atoms with van der Waals surface area (Å²) in [7, 11) is 0. The first-order chi connectivity index (χ1) is 9.78. The molecular weight excluding hydrogens is 260 g/mol. The zero-order valence-corrected chi connectivity index (χ0v) is 13.7. The van der Waals surface area contributed by atoms with Crippen molar-refractivity contribution in [3.8, 4) is 0 Å². The topological polar surface area (TPSA) is 40.5 Å². The van der Waals surface area contributed by atoms with Crippen LogP contribution in [-0.4, -0.2) is 22.9 Å². The van der Waals surface area contributed by atoms with Gasteiger partial charge in [0, 0.05) is 5.41 Å². The Morgan fingerprint density at radius 2 is 2.05 bits per heavy atom. The Bertz CT molecular complexity index is 506. The largest absolute Gasteiger partial charge is 0.395 e. The maximum atomic E-state index is 9.91. The molecule has 0 aromatic rings. The van der Waals surface area contributed by atoms with Crippen LogP contribution in [0.4, 0.5) is 0 Å². The second-order valence-electron chi connectivity index (χ2n) is 6.42. The highest BCUT2D eigenvalue weighted by Crippen LogP contribution is 2.41. The molecule has 2 heteroatoms. The fourth-order valence-corrected chi connectivity index (χ4v) is 2.81. The number of aliphatic hydroxyl groups is 2. The average molecular weight is 288 g/mol. The third-order valence-electron chi connectivity index (χ3n) is 3.94. The van der Waals surface area contributed by atoms with Gasteiger partial charge in [-0.2, -0.15) is 0 Å². The third kappa shape index (κ3) is 5.14. The summed E-state index contributed by atoms with van der Waals surface area (Å²) in [6.45, 7) is 11.9. The summed E-state index contributed by atoms with van der Waals surface area (Å²) in [6.07, 6.45) is 11.1. The highest BCUT2D eigenvalue weighted by atomic mass is 16.3. The number of allylic oxidation sites excluding steroid dienone is 7. The molecule has 0 radical (unpaired) electrons. The van der Waals surface area contributed by atoms with Gasteiger partial charge >= 0.3 is 0 Å². The first-order valence-electron chi connectivity index (χ1n) is 7.46. The van der Waals surface area contributed by atoms with Crippen molar-refractivity contribution in [2.24, 2.45) is 5.41 Å². The lowest BCUT2D eigenvalue weighted by atomic mass is 9.70. The SMILES string of the molecule is C=C(C)/C=C/C=C(C)/C=C/C1=C(C)CC(O)C[C@]1(C)CO. The third-order valence-corrected chi connectivity index (χ3v) is 3.94. The van der Waals surface area contributed by atoms with E-state index in [0.717, 1.165) is 22.3 Å². The Labute approximate surface area is 128 Å². The van der Waals surface area contributed by atoms with E-state index >= 15 is 0 Å². The molecule has 1 rings (SSSR count). The Morgan fingerprint density at radius 3 is 2.62 bits per heavy atom. The quantitative estimate of drug-likeness (QED) is 0.748. The van der Waals surface area contributed by atoms with Crippen LogP contribution in [0.1, 0.15) is 40.5 Å². The molecule has 0 saturated heterocycles. The van der Waals surface area contributed by atoms with Gasteiger partial charge in [0.1, 0.15) is 0 Å². The molecule has 0 saturated carbocycles. The minimum Gasteiger partial charge on any atom is -0.395 e. The van der Waals surface area contributed by atoms with Crippen LogP contribution < -0.4 is 0 Å². The summed E-state index contributed by atoms with van der Waals surface area (Å²) >= 11 is 0. The summed E-state index contributed by atoms with van der Waals surface area (Å²) in [5.74, 6) is 0. The van der Waals surface area contributed by atoms with E-state index in [1.807, 2.05) is 45.9 Å². The number of aliphatic hydroxyl groups excluding tert-OH is 2. The molecule has 0 spiro atoms. The van der Waals surface area contributed by atoms with E-state index in [0.29, 0.717) is 12.8 Å². The molecule has 21 heavy (non-hydrogen) atoms. The molecule has 0 fully saturated rings. The van der Waals surface area contributed by atoms with Crippen molar-refractivity contribution in [1.29, 1.82) is 0 Å². The molecular formula is C19H28O2. The van der Waals surface area contributed by atoms with Gasteiger partial charge in [-0.25, -0.2) is 0 Å². The molecule has 0 aromatic heterocycles. The van der Waals surface area contributed by atoms with E-state index in [2.05, 4.69) is 18.7 Å². The molecule has 2 nitrogen and oxygen atoms in total. The lowest BCUT2D eigenvalue weighted by Crippen LogP contribution is -2.33. The molecule has 0 aliphatic heterocycles. The van der Waals surface area contributed by atoms with E-state index in [9.17, 15) is 10.2 Å². The van der Waals surface area contributed by atoms with Gasteiger partial charge in [0.2, 0.25) is 0 Å². The minimum absolute atomic E-state index is 0.0550. The van der Waals surface area contributed by atoms with Crippen molar-refractivity contribution in [1.82, 2.24) is 0 Å². The standard InChI is InChI=1S/C19H28O2/c1-14(2)7-6-8-15(3)9-10-18-16(4)11-17(21)12-19(18,5)13-20/h6-10,17,20-21H,1,11-13H2,2-5H3/b7-6+,10-9+,15-8+/t17?,19-/m1/s1. The van der Waals surface area contributed by atoms with Crippen LogP contribution >= 0.6 is 0 Å². The Kier molecular flexibility index (Phi) is 6.38. The monoisotopic (exact) mass is 288 g/mol. The lowest BCUT2D eigenvalue weighted by Gasteiger charge is -2.37. The second kappa shape index (κ2) is 7.58. The van der Waals surface area contributed by atoms with E-state index in [-0.39, 0.29) is 18.1 Å². The highest BCUT2D eigenvalue weighted by molar-refractivity contribution is 5.38. The second-order valence-corrected chi connectivity index (χ2v) is 6.42. The molecule has 0 aromatic carbocycles. The van der Waals surface area contributed by atoms with E-state index in [4.69, 9.17) is 0 Å². The normalized spacial score (nSPS) is 27.9. The zero-order chi connectivity index (χ0) is 16.0. The van der Waals surface area contributed by atoms with Crippen LogP contribution in [0, 0.1) is 5.41 Å². The fourth-order valence-electron chi connectivity index (χ4n) is 2.81. The van der Waals surface area contributed by atoms with E-state index < -0.39 is 0 Å². The molecule has 0 amide bonds. The van der Waals surface area contributed by atoms with Crippen LogP contribution in [-0.2, 0) is 0 Å². The summed E-state index contributed by atoms with van der Waals surface area (Å²) in [5, 5.41) is 19.6. The van der Waals surface area contributed by atoms with E-state index in [1.165, 1.54) is 0 Å². The molecule has 1 aliphatic rings. The lowest BCUT2D eigenvalue weighted by molar-refractivity contribution is 0.0726. The first-order valence-corrected chi connectivity index (χ1v) is 7.46. The van der Waals surface area contributed by atoms with Crippen molar-refractivity contribution in [2.75, 3.05) is 6.61 Å². The summed E-state index contributed by atoms with van der Waals surface area (Å²) in [6, 6.07) is 0. The zero-order valence-electron chi connectivity index (χ0n) is 13.7.